The van der Waals surface area contributed by atoms with E-state index in [1.54, 1.807) is 30.0 Å². The second-order valence-corrected chi connectivity index (χ2v) is 7.66. The molecule has 1 atom stereocenters. The Balaban J connectivity index is 1.52. The number of amides is 2. The number of nitrogens with one attached hydrogen (secondary N) is 1. The fourth-order valence-corrected chi connectivity index (χ4v) is 3.65. The van der Waals surface area contributed by atoms with Crippen molar-refractivity contribution in [1.29, 1.82) is 0 Å². The second-order valence-electron chi connectivity index (χ2n) is 7.66. The highest BCUT2D eigenvalue weighted by Crippen LogP contribution is 2.29. The van der Waals surface area contributed by atoms with Crippen molar-refractivity contribution in [3.05, 3.63) is 95.1 Å². The first-order valence-corrected chi connectivity index (χ1v) is 10.3. The molecule has 1 aliphatic rings. The average Bonchev–Trinajstić information content (AvgIpc) is 2.89. The van der Waals surface area contributed by atoms with Gasteiger partial charge in [-0.3, -0.25) is 9.59 Å². The van der Waals surface area contributed by atoms with E-state index >= 15 is 0 Å². The molecule has 0 aromatic heterocycles. The molecule has 1 N–H and O–H groups in total. The highest BCUT2D eigenvalue weighted by molar-refractivity contribution is 6.04. The molecule has 0 saturated carbocycles. The van der Waals surface area contributed by atoms with E-state index in [-0.39, 0.29) is 11.5 Å². The summed E-state index contributed by atoms with van der Waals surface area (Å²) in [6.07, 6.45) is 0.0651. The van der Waals surface area contributed by atoms with Crippen LogP contribution in [0.2, 0.25) is 0 Å². The maximum Gasteiger partial charge on any atom is 0.263 e. The van der Waals surface area contributed by atoms with Crippen molar-refractivity contribution >= 4 is 17.5 Å². The average molecular weight is 436 g/mol. The third kappa shape index (κ3) is 4.77. The number of carbonyl (C=O) groups excluding carboxylic acids is 2. The number of fused-ring (bicyclic) bond motifs is 1. The molecule has 5 nitrogen and oxygen atoms in total. The van der Waals surface area contributed by atoms with E-state index < -0.39 is 23.6 Å². The van der Waals surface area contributed by atoms with Crippen LogP contribution in [0.25, 0.3) is 0 Å². The molecule has 0 bridgehead atoms. The fraction of sp³-hybridized carbons (Fsp3) is 0.200. The zero-order valence-corrected chi connectivity index (χ0v) is 17.5. The first-order valence-electron chi connectivity index (χ1n) is 10.3. The number of anilines is 1. The summed E-state index contributed by atoms with van der Waals surface area (Å²) in [7, 11) is 0. The molecular weight excluding hydrogens is 414 g/mol. The number of hydrogen-bond acceptors (Lipinski definition) is 3. The smallest absolute Gasteiger partial charge is 0.263 e. The Morgan fingerprint density at radius 3 is 2.62 bits per heavy atom. The number of halogens is 2. The van der Waals surface area contributed by atoms with Crippen LogP contribution in [-0.2, 0) is 17.8 Å². The summed E-state index contributed by atoms with van der Waals surface area (Å²) >= 11 is 0. The predicted molar refractivity (Wildman–Crippen MR) is 116 cm³/mol. The maximum absolute atomic E-state index is 13.9. The van der Waals surface area contributed by atoms with Gasteiger partial charge in [-0.1, -0.05) is 30.3 Å². The van der Waals surface area contributed by atoms with Crippen molar-refractivity contribution in [2.24, 2.45) is 0 Å². The molecule has 0 unspecified atom stereocenters. The molecule has 3 aromatic rings. The maximum atomic E-state index is 13.9. The van der Waals surface area contributed by atoms with Gasteiger partial charge in [-0.15, -0.1) is 0 Å². The van der Waals surface area contributed by atoms with Crippen LogP contribution in [0.5, 0.6) is 5.75 Å². The van der Waals surface area contributed by atoms with E-state index in [1.807, 2.05) is 30.3 Å². The Morgan fingerprint density at radius 1 is 1.09 bits per heavy atom. The lowest BCUT2D eigenvalue weighted by molar-refractivity contribution is -0.137. The molecule has 0 saturated heterocycles. The van der Waals surface area contributed by atoms with Crippen LogP contribution in [0.4, 0.5) is 14.5 Å². The van der Waals surface area contributed by atoms with Crippen molar-refractivity contribution < 1.29 is 23.1 Å². The van der Waals surface area contributed by atoms with Crippen molar-refractivity contribution in [3.63, 3.8) is 0 Å². The summed E-state index contributed by atoms with van der Waals surface area (Å²) in [5.74, 6) is -1.94. The first-order chi connectivity index (χ1) is 15.4. The standard InChI is InChI=1S/C25H22F2N2O3/c1-16-25(31)29(12-11-17-5-3-2-4-6-17)15-18-13-20(8-10-23(18)32-16)28-24(30)21-9-7-19(26)14-22(21)27/h2-10,13-14,16H,11-12,15H2,1H3,(H,28,30)/t16-/m0/s1. The number of rotatable bonds is 5. The van der Waals surface area contributed by atoms with Gasteiger partial charge in [0.05, 0.1) is 5.56 Å². The summed E-state index contributed by atoms with van der Waals surface area (Å²) in [5.41, 5.74) is 2.02. The molecule has 1 heterocycles. The lowest BCUT2D eigenvalue weighted by Crippen LogP contribution is -2.39. The van der Waals surface area contributed by atoms with Gasteiger partial charge in [-0.2, -0.15) is 0 Å². The van der Waals surface area contributed by atoms with E-state index in [0.717, 1.165) is 23.3 Å². The first kappa shape index (κ1) is 21.5. The van der Waals surface area contributed by atoms with Gasteiger partial charge in [0.1, 0.15) is 17.4 Å². The molecule has 164 valence electrons. The summed E-state index contributed by atoms with van der Waals surface area (Å²) in [4.78, 5) is 27.0. The molecule has 2 amide bonds. The zero-order valence-electron chi connectivity index (χ0n) is 17.5. The Labute approximate surface area is 184 Å². The normalized spacial score (nSPS) is 15.5. The highest BCUT2D eigenvalue weighted by atomic mass is 19.1. The van der Waals surface area contributed by atoms with Gasteiger partial charge < -0.3 is 15.0 Å². The van der Waals surface area contributed by atoms with Crippen molar-refractivity contribution in [3.8, 4) is 5.75 Å². The number of hydrogen-bond donors (Lipinski definition) is 1. The third-order valence-electron chi connectivity index (χ3n) is 5.33. The van der Waals surface area contributed by atoms with E-state index in [9.17, 15) is 18.4 Å². The minimum Gasteiger partial charge on any atom is -0.481 e. The summed E-state index contributed by atoms with van der Waals surface area (Å²) < 4.78 is 32.9. The topological polar surface area (TPSA) is 58.6 Å². The largest absolute Gasteiger partial charge is 0.481 e. The molecule has 4 rings (SSSR count). The van der Waals surface area contributed by atoms with Gasteiger partial charge in [-0.25, -0.2) is 8.78 Å². The molecular formula is C25H22F2N2O3. The van der Waals surface area contributed by atoms with Crippen LogP contribution >= 0.6 is 0 Å². The number of nitrogens with zero attached hydrogens (tertiary/aromatic N) is 1. The summed E-state index contributed by atoms with van der Waals surface area (Å²) in [6, 6.07) is 17.7. The lowest BCUT2D eigenvalue weighted by atomic mass is 10.1. The van der Waals surface area contributed by atoms with Crippen molar-refractivity contribution in [2.75, 3.05) is 11.9 Å². The van der Waals surface area contributed by atoms with Crippen LogP contribution in [0.15, 0.2) is 66.7 Å². The Hall–Kier alpha value is -3.74. The number of ether oxygens (including phenoxy) is 1. The monoisotopic (exact) mass is 436 g/mol. The molecule has 3 aromatic carbocycles. The minimum atomic E-state index is -0.938. The number of carbonyl (C=O) groups is 2. The summed E-state index contributed by atoms with van der Waals surface area (Å²) in [5, 5.41) is 2.62. The van der Waals surface area contributed by atoms with Crippen LogP contribution in [0.3, 0.4) is 0 Å². The lowest BCUT2D eigenvalue weighted by Gasteiger charge is -2.22. The van der Waals surface area contributed by atoms with Gasteiger partial charge in [0.15, 0.2) is 6.10 Å². The molecule has 0 aliphatic carbocycles. The zero-order chi connectivity index (χ0) is 22.7. The molecule has 1 aliphatic heterocycles. The molecule has 7 heteroatoms. The predicted octanol–water partition coefficient (Wildman–Crippen LogP) is 4.57. The van der Waals surface area contributed by atoms with Gasteiger partial charge in [0.25, 0.3) is 11.8 Å². The summed E-state index contributed by atoms with van der Waals surface area (Å²) in [6.45, 7) is 2.55. The minimum absolute atomic E-state index is 0.115. The molecule has 32 heavy (non-hydrogen) atoms. The van der Waals surface area contributed by atoms with E-state index in [4.69, 9.17) is 4.74 Å². The van der Waals surface area contributed by atoms with Crippen LogP contribution < -0.4 is 10.1 Å². The van der Waals surface area contributed by atoms with Gasteiger partial charge >= 0.3 is 0 Å². The van der Waals surface area contributed by atoms with E-state index in [0.29, 0.717) is 37.0 Å². The fourth-order valence-electron chi connectivity index (χ4n) is 3.65. The SMILES string of the molecule is C[C@@H]1Oc2ccc(NC(=O)c3ccc(F)cc3F)cc2CN(CCc2ccccc2)C1=O. The van der Waals surface area contributed by atoms with Crippen LogP contribution in [-0.4, -0.2) is 29.4 Å². The second kappa shape index (κ2) is 9.18. The third-order valence-corrected chi connectivity index (χ3v) is 5.33. The van der Waals surface area contributed by atoms with Crippen molar-refractivity contribution in [2.45, 2.75) is 26.0 Å². The number of benzene rings is 3. The van der Waals surface area contributed by atoms with Gasteiger partial charge in [0.2, 0.25) is 0 Å². The molecule has 0 spiro atoms. The Morgan fingerprint density at radius 2 is 1.88 bits per heavy atom. The highest BCUT2D eigenvalue weighted by Gasteiger charge is 2.28. The molecule has 0 fully saturated rings. The Kier molecular flexibility index (Phi) is 6.16. The Bertz CT molecular complexity index is 1150. The van der Waals surface area contributed by atoms with Crippen LogP contribution in [0, 0.1) is 11.6 Å². The van der Waals surface area contributed by atoms with E-state index in [1.165, 1.54) is 0 Å². The van der Waals surface area contributed by atoms with Gasteiger partial charge in [0, 0.05) is 30.4 Å². The van der Waals surface area contributed by atoms with Crippen molar-refractivity contribution in [1.82, 2.24) is 4.90 Å². The van der Waals surface area contributed by atoms with Crippen LogP contribution in [0.1, 0.15) is 28.4 Å². The van der Waals surface area contributed by atoms with Gasteiger partial charge in [-0.05, 0) is 49.2 Å². The van der Waals surface area contributed by atoms with E-state index in [2.05, 4.69) is 5.32 Å². The molecule has 0 radical (unpaired) electrons. The quantitative estimate of drug-likeness (QED) is 0.638.